The van der Waals surface area contributed by atoms with Crippen molar-refractivity contribution in [3.63, 3.8) is 0 Å². The predicted molar refractivity (Wildman–Crippen MR) is 99.2 cm³/mol. The number of carbonyl (C=O) groups is 1. The van der Waals surface area contributed by atoms with Crippen LogP contribution in [0.15, 0.2) is 54.6 Å². The molecule has 4 heteroatoms. The normalized spacial score (nSPS) is 15.5. The van der Waals surface area contributed by atoms with Crippen molar-refractivity contribution in [1.82, 2.24) is 9.88 Å². The van der Waals surface area contributed by atoms with E-state index in [4.69, 9.17) is 4.74 Å². The standard InChI is InChI=1S/C21H22N2O2/c1-25-18-8-6-16(7-9-18)21(24)23-12-10-15(11-13-23)20-14-17-4-2-3-5-19(17)22-20/h2-9,14-15,22H,10-13H2,1H3. The minimum Gasteiger partial charge on any atom is -0.497 e. The topological polar surface area (TPSA) is 45.3 Å². The summed E-state index contributed by atoms with van der Waals surface area (Å²) in [6.07, 6.45) is 1.99. The molecule has 0 spiro atoms. The van der Waals surface area contributed by atoms with E-state index in [-0.39, 0.29) is 5.91 Å². The number of methoxy groups -OCH3 is 1. The summed E-state index contributed by atoms with van der Waals surface area (Å²) in [5.41, 5.74) is 3.21. The molecule has 1 amide bonds. The number of amides is 1. The fourth-order valence-electron chi connectivity index (χ4n) is 3.63. The van der Waals surface area contributed by atoms with Crippen LogP contribution in [0.1, 0.15) is 34.8 Å². The van der Waals surface area contributed by atoms with Gasteiger partial charge in [0.25, 0.3) is 5.91 Å². The van der Waals surface area contributed by atoms with Crippen molar-refractivity contribution in [2.45, 2.75) is 18.8 Å². The van der Waals surface area contributed by atoms with E-state index in [1.54, 1.807) is 7.11 Å². The van der Waals surface area contributed by atoms with E-state index >= 15 is 0 Å². The highest BCUT2D eigenvalue weighted by Gasteiger charge is 2.25. The van der Waals surface area contributed by atoms with Crippen LogP contribution in [0.4, 0.5) is 0 Å². The van der Waals surface area contributed by atoms with Gasteiger partial charge in [-0.25, -0.2) is 0 Å². The molecule has 25 heavy (non-hydrogen) atoms. The van der Waals surface area contributed by atoms with Gasteiger partial charge in [0.05, 0.1) is 7.11 Å². The van der Waals surface area contributed by atoms with Crippen LogP contribution < -0.4 is 4.74 Å². The largest absolute Gasteiger partial charge is 0.497 e. The summed E-state index contributed by atoms with van der Waals surface area (Å²) in [6.45, 7) is 1.59. The second-order valence-electron chi connectivity index (χ2n) is 6.61. The molecule has 0 unspecified atom stereocenters. The number of aromatic nitrogens is 1. The van der Waals surface area contributed by atoms with E-state index in [0.717, 1.165) is 37.2 Å². The maximum atomic E-state index is 12.7. The first-order valence-corrected chi connectivity index (χ1v) is 8.75. The van der Waals surface area contributed by atoms with Gasteiger partial charge in [0.2, 0.25) is 0 Å². The van der Waals surface area contributed by atoms with Crippen molar-refractivity contribution in [2.24, 2.45) is 0 Å². The number of ether oxygens (including phenoxy) is 1. The Morgan fingerprint density at radius 2 is 1.80 bits per heavy atom. The average Bonchev–Trinajstić information content (AvgIpc) is 3.12. The summed E-state index contributed by atoms with van der Waals surface area (Å²) in [5, 5.41) is 1.26. The Labute approximate surface area is 147 Å². The second kappa shape index (κ2) is 6.63. The van der Waals surface area contributed by atoms with Crippen molar-refractivity contribution in [2.75, 3.05) is 20.2 Å². The number of likely N-dealkylation sites (tertiary alicyclic amines) is 1. The van der Waals surface area contributed by atoms with E-state index in [1.165, 1.54) is 16.6 Å². The highest BCUT2D eigenvalue weighted by Crippen LogP contribution is 2.30. The molecule has 0 aliphatic carbocycles. The predicted octanol–water partition coefficient (Wildman–Crippen LogP) is 4.20. The van der Waals surface area contributed by atoms with Gasteiger partial charge in [0.1, 0.15) is 5.75 Å². The number of benzene rings is 2. The molecule has 4 nitrogen and oxygen atoms in total. The lowest BCUT2D eigenvalue weighted by Gasteiger charge is -2.31. The van der Waals surface area contributed by atoms with Crippen molar-refractivity contribution < 1.29 is 9.53 Å². The van der Waals surface area contributed by atoms with Gasteiger partial charge in [-0.05, 0) is 54.6 Å². The van der Waals surface area contributed by atoms with Crippen LogP contribution in [0.25, 0.3) is 10.9 Å². The summed E-state index contributed by atoms with van der Waals surface area (Å²) < 4.78 is 5.15. The minimum absolute atomic E-state index is 0.109. The number of fused-ring (bicyclic) bond motifs is 1. The van der Waals surface area contributed by atoms with Crippen LogP contribution >= 0.6 is 0 Å². The fourth-order valence-corrected chi connectivity index (χ4v) is 3.63. The first-order chi connectivity index (χ1) is 12.2. The maximum Gasteiger partial charge on any atom is 0.253 e. The van der Waals surface area contributed by atoms with E-state index in [2.05, 4.69) is 35.3 Å². The molecular weight excluding hydrogens is 312 g/mol. The third-order valence-electron chi connectivity index (χ3n) is 5.11. The van der Waals surface area contributed by atoms with E-state index < -0.39 is 0 Å². The second-order valence-corrected chi connectivity index (χ2v) is 6.61. The van der Waals surface area contributed by atoms with Gasteiger partial charge in [-0.15, -0.1) is 0 Å². The first kappa shape index (κ1) is 15.8. The van der Waals surface area contributed by atoms with Crippen LogP contribution in [-0.4, -0.2) is 36.0 Å². The third kappa shape index (κ3) is 3.12. The Morgan fingerprint density at radius 3 is 2.48 bits per heavy atom. The number of H-pyrrole nitrogens is 1. The number of nitrogens with one attached hydrogen (secondary N) is 1. The average molecular weight is 334 g/mol. The molecule has 2 aromatic carbocycles. The molecule has 1 N–H and O–H groups in total. The minimum atomic E-state index is 0.109. The van der Waals surface area contributed by atoms with Crippen LogP contribution in [0, 0.1) is 0 Å². The zero-order valence-corrected chi connectivity index (χ0v) is 14.4. The number of para-hydroxylation sites is 1. The Bertz CT molecular complexity index is 841. The van der Waals surface area contributed by atoms with E-state index in [0.29, 0.717) is 5.92 Å². The molecule has 1 aromatic heterocycles. The summed E-state index contributed by atoms with van der Waals surface area (Å²) in [6, 6.07) is 18.0. The number of hydrogen-bond donors (Lipinski definition) is 1. The molecular formula is C21H22N2O2. The number of rotatable bonds is 3. The Balaban J connectivity index is 1.42. The number of aromatic amines is 1. The van der Waals surface area contributed by atoms with E-state index in [9.17, 15) is 4.79 Å². The maximum absolute atomic E-state index is 12.7. The molecule has 128 valence electrons. The molecule has 1 aliphatic heterocycles. The third-order valence-corrected chi connectivity index (χ3v) is 5.11. The molecule has 0 atom stereocenters. The zero-order valence-electron chi connectivity index (χ0n) is 14.4. The van der Waals surface area contributed by atoms with Crippen LogP contribution in [-0.2, 0) is 0 Å². The molecule has 2 heterocycles. The Hall–Kier alpha value is -2.75. The summed E-state index contributed by atoms with van der Waals surface area (Å²) in [4.78, 5) is 18.2. The number of piperidine rings is 1. The molecule has 0 saturated carbocycles. The summed E-state index contributed by atoms with van der Waals surface area (Å²) in [7, 11) is 1.63. The van der Waals surface area contributed by atoms with Crippen LogP contribution in [0.5, 0.6) is 5.75 Å². The number of carbonyl (C=O) groups excluding carboxylic acids is 1. The zero-order chi connectivity index (χ0) is 17.2. The van der Waals surface area contributed by atoms with Gasteiger partial charge in [-0.1, -0.05) is 18.2 Å². The molecule has 4 rings (SSSR count). The van der Waals surface area contributed by atoms with Gasteiger partial charge in [0.15, 0.2) is 0 Å². The number of hydrogen-bond acceptors (Lipinski definition) is 2. The van der Waals surface area contributed by atoms with Gasteiger partial charge in [-0.2, -0.15) is 0 Å². The molecule has 1 fully saturated rings. The Morgan fingerprint density at radius 1 is 1.08 bits per heavy atom. The first-order valence-electron chi connectivity index (χ1n) is 8.75. The number of nitrogens with zero attached hydrogens (tertiary/aromatic N) is 1. The quantitative estimate of drug-likeness (QED) is 0.780. The van der Waals surface area contributed by atoms with Crippen molar-refractivity contribution in [3.05, 3.63) is 65.9 Å². The summed E-state index contributed by atoms with van der Waals surface area (Å²) in [5.74, 6) is 1.37. The molecule has 0 radical (unpaired) electrons. The molecule has 3 aromatic rings. The van der Waals surface area contributed by atoms with Gasteiger partial charge in [0, 0.05) is 35.8 Å². The molecule has 1 aliphatic rings. The van der Waals surface area contributed by atoms with Crippen molar-refractivity contribution in [1.29, 1.82) is 0 Å². The summed E-state index contributed by atoms with van der Waals surface area (Å²) >= 11 is 0. The lowest BCUT2D eigenvalue weighted by molar-refractivity contribution is 0.0712. The SMILES string of the molecule is COc1ccc(C(=O)N2CCC(c3cc4ccccc4[nH]3)CC2)cc1. The molecule has 0 bridgehead atoms. The highest BCUT2D eigenvalue weighted by atomic mass is 16.5. The Kier molecular flexibility index (Phi) is 4.18. The van der Waals surface area contributed by atoms with Gasteiger partial charge in [-0.3, -0.25) is 4.79 Å². The lowest BCUT2D eigenvalue weighted by Crippen LogP contribution is -2.37. The lowest BCUT2D eigenvalue weighted by atomic mass is 9.93. The van der Waals surface area contributed by atoms with Crippen molar-refractivity contribution in [3.8, 4) is 5.75 Å². The molecule has 1 saturated heterocycles. The van der Waals surface area contributed by atoms with Crippen LogP contribution in [0.2, 0.25) is 0 Å². The van der Waals surface area contributed by atoms with E-state index in [1.807, 2.05) is 29.2 Å². The van der Waals surface area contributed by atoms with Gasteiger partial charge < -0.3 is 14.6 Å². The van der Waals surface area contributed by atoms with Crippen molar-refractivity contribution >= 4 is 16.8 Å². The van der Waals surface area contributed by atoms with Crippen LogP contribution in [0.3, 0.4) is 0 Å². The monoisotopic (exact) mass is 334 g/mol. The smallest absolute Gasteiger partial charge is 0.253 e. The van der Waals surface area contributed by atoms with Gasteiger partial charge >= 0.3 is 0 Å². The fraction of sp³-hybridized carbons (Fsp3) is 0.286. The highest BCUT2D eigenvalue weighted by molar-refractivity contribution is 5.94.